The average molecular weight is 403 g/mol. The highest BCUT2D eigenvalue weighted by Gasteiger charge is 2.34. The number of hydrogen-bond acceptors (Lipinski definition) is 4. The maximum atomic E-state index is 12.3. The van der Waals surface area contributed by atoms with Gasteiger partial charge >= 0.3 is 0 Å². The molecule has 0 saturated heterocycles. The number of thiocarbonyl (C=S) groups is 1. The first kappa shape index (κ1) is 18.8. The van der Waals surface area contributed by atoms with Crippen LogP contribution in [0.3, 0.4) is 0 Å². The van der Waals surface area contributed by atoms with Crippen LogP contribution in [-0.4, -0.2) is 34.3 Å². The molecule has 4 rings (SSSR count). The van der Waals surface area contributed by atoms with E-state index in [1.807, 2.05) is 42.5 Å². The van der Waals surface area contributed by atoms with Crippen LogP contribution in [0, 0.1) is 0 Å². The van der Waals surface area contributed by atoms with Gasteiger partial charge in [0.15, 0.2) is 5.11 Å². The molecule has 6 nitrogen and oxygen atoms in total. The highest BCUT2D eigenvalue weighted by molar-refractivity contribution is 7.80. The Morgan fingerprint density at radius 2 is 1.48 bits per heavy atom. The molecule has 0 bridgehead atoms. The van der Waals surface area contributed by atoms with Crippen molar-refractivity contribution < 1.29 is 14.4 Å². The first-order chi connectivity index (χ1) is 14.0. The number of hydrogen-bond donors (Lipinski definition) is 2. The van der Waals surface area contributed by atoms with Crippen molar-refractivity contribution in [2.24, 2.45) is 0 Å². The minimum absolute atomic E-state index is 0.00490. The molecule has 0 fully saturated rings. The van der Waals surface area contributed by atoms with Gasteiger partial charge in [0.2, 0.25) is 5.91 Å². The summed E-state index contributed by atoms with van der Waals surface area (Å²) in [6, 6.07) is 20.2. The lowest BCUT2D eigenvalue weighted by molar-refractivity contribution is -0.119. The lowest BCUT2D eigenvalue weighted by Gasteiger charge is -2.15. The number of imide groups is 1. The van der Waals surface area contributed by atoms with Crippen LogP contribution < -0.4 is 10.6 Å². The Hall–Kier alpha value is -3.58. The number of fused-ring (bicyclic) bond motifs is 2. The van der Waals surface area contributed by atoms with Crippen LogP contribution >= 0.6 is 12.2 Å². The summed E-state index contributed by atoms with van der Waals surface area (Å²) in [5.74, 6) is -1.14. The topological polar surface area (TPSA) is 78.5 Å². The number of carbonyl (C=O) groups is 3. The molecule has 0 aliphatic carbocycles. The lowest BCUT2D eigenvalue weighted by Crippen LogP contribution is -2.38. The van der Waals surface area contributed by atoms with Crippen molar-refractivity contribution in [2.75, 3.05) is 11.9 Å². The van der Waals surface area contributed by atoms with Crippen LogP contribution in [0.5, 0.6) is 0 Å². The first-order valence-corrected chi connectivity index (χ1v) is 9.49. The van der Waals surface area contributed by atoms with Crippen molar-refractivity contribution in [3.05, 3.63) is 77.9 Å². The molecular weight excluding hydrogens is 386 g/mol. The summed E-state index contributed by atoms with van der Waals surface area (Å²) in [6.45, 7) is -0.00490. The molecule has 2 N–H and O–H groups in total. The second-order valence-corrected chi connectivity index (χ2v) is 6.99. The van der Waals surface area contributed by atoms with Gasteiger partial charge in [-0.05, 0) is 35.8 Å². The van der Waals surface area contributed by atoms with Crippen LogP contribution in [0.2, 0.25) is 0 Å². The summed E-state index contributed by atoms with van der Waals surface area (Å²) >= 11 is 5.24. The molecule has 3 aromatic carbocycles. The molecule has 0 saturated carbocycles. The van der Waals surface area contributed by atoms with Crippen LogP contribution in [-0.2, 0) is 4.79 Å². The van der Waals surface area contributed by atoms with Gasteiger partial charge in [0.1, 0.15) is 0 Å². The molecule has 1 aliphatic rings. The van der Waals surface area contributed by atoms with Crippen molar-refractivity contribution in [3.8, 4) is 0 Å². The molecule has 3 aromatic rings. The molecule has 0 spiro atoms. The summed E-state index contributed by atoms with van der Waals surface area (Å²) in [6.07, 6.45) is -0.0389. The molecule has 0 atom stereocenters. The van der Waals surface area contributed by atoms with Gasteiger partial charge in [0.25, 0.3) is 11.8 Å². The number of nitrogens with zero attached hydrogens (tertiary/aromatic N) is 1. The van der Waals surface area contributed by atoms with Crippen LogP contribution in [0.4, 0.5) is 5.69 Å². The quantitative estimate of drug-likeness (QED) is 0.516. The first-order valence-electron chi connectivity index (χ1n) is 9.08. The van der Waals surface area contributed by atoms with E-state index in [-0.39, 0.29) is 35.8 Å². The third-order valence-electron chi connectivity index (χ3n) is 4.73. The smallest absolute Gasteiger partial charge is 0.261 e. The molecule has 0 unspecified atom stereocenters. The molecule has 0 radical (unpaired) electrons. The predicted molar refractivity (Wildman–Crippen MR) is 115 cm³/mol. The molecule has 144 valence electrons. The Morgan fingerprint density at radius 1 is 0.862 bits per heavy atom. The van der Waals surface area contributed by atoms with Crippen LogP contribution in [0.1, 0.15) is 27.1 Å². The summed E-state index contributed by atoms with van der Waals surface area (Å²) in [5, 5.41) is 7.83. The van der Waals surface area contributed by atoms with E-state index < -0.39 is 0 Å². The van der Waals surface area contributed by atoms with E-state index in [0.717, 1.165) is 21.4 Å². The molecule has 1 aliphatic heterocycles. The maximum Gasteiger partial charge on any atom is 0.261 e. The van der Waals surface area contributed by atoms with E-state index in [1.165, 1.54) is 0 Å². The fourth-order valence-corrected chi connectivity index (χ4v) is 3.56. The van der Waals surface area contributed by atoms with Crippen molar-refractivity contribution >= 4 is 51.5 Å². The zero-order chi connectivity index (χ0) is 20.4. The Balaban J connectivity index is 1.35. The predicted octanol–water partition coefficient (Wildman–Crippen LogP) is 3.34. The van der Waals surface area contributed by atoms with Crippen molar-refractivity contribution in [1.29, 1.82) is 0 Å². The van der Waals surface area contributed by atoms with Crippen molar-refractivity contribution in [3.63, 3.8) is 0 Å². The summed E-state index contributed by atoms with van der Waals surface area (Å²) < 4.78 is 0. The van der Waals surface area contributed by atoms with Gasteiger partial charge in [-0.1, -0.05) is 48.5 Å². The van der Waals surface area contributed by atoms with Crippen molar-refractivity contribution in [2.45, 2.75) is 6.42 Å². The Labute approximate surface area is 172 Å². The second kappa shape index (κ2) is 7.81. The fourth-order valence-electron chi connectivity index (χ4n) is 3.33. The monoisotopic (exact) mass is 403 g/mol. The zero-order valence-electron chi connectivity index (χ0n) is 15.3. The van der Waals surface area contributed by atoms with Gasteiger partial charge in [-0.3, -0.25) is 19.3 Å². The van der Waals surface area contributed by atoms with Gasteiger partial charge in [-0.25, -0.2) is 0 Å². The standard InChI is InChI=1S/C22H17N3O3S/c26-19(12-13-25-20(27)16-9-3-4-10-17(16)21(25)28)24-22(29)23-18-11-5-7-14-6-1-2-8-15(14)18/h1-11H,12-13H2,(H2,23,24,26,29). The summed E-state index contributed by atoms with van der Waals surface area (Å²) in [5.41, 5.74) is 1.52. The summed E-state index contributed by atoms with van der Waals surface area (Å²) in [7, 11) is 0. The number of carbonyl (C=O) groups excluding carboxylic acids is 3. The van der Waals surface area contributed by atoms with Gasteiger partial charge in [0, 0.05) is 24.0 Å². The van der Waals surface area contributed by atoms with E-state index >= 15 is 0 Å². The summed E-state index contributed by atoms with van der Waals surface area (Å²) in [4.78, 5) is 38.0. The van der Waals surface area contributed by atoms with E-state index in [4.69, 9.17) is 12.2 Å². The van der Waals surface area contributed by atoms with E-state index in [2.05, 4.69) is 10.6 Å². The fraction of sp³-hybridized carbons (Fsp3) is 0.0909. The second-order valence-electron chi connectivity index (χ2n) is 6.59. The van der Waals surface area contributed by atoms with Crippen molar-refractivity contribution in [1.82, 2.24) is 10.2 Å². The number of nitrogens with one attached hydrogen (secondary N) is 2. The minimum Gasteiger partial charge on any atom is -0.332 e. The van der Waals surface area contributed by atoms with Gasteiger partial charge < -0.3 is 10.6 Å². The number of amides is 3. The van der Waals surface area contributed by atoms with Gasteiger partial charge in [-0.15, -0.1) is 0 Å². The molecule has 3 amide bonds. The largest absolute Gasteiger partial charge is 0.332 e. The number of rotatable bonds is 4. The third-order valence-corrected chi connectivity index (χ3v) is 4.94. The zero-order valence-corrected chi connectivity index (χ0v) is 16.2. The molecule has 29 heavy (non-hydrogen) atoms. The minimum atomic E-state index is -0.380. The average Bonchev–Trinajstić information content (AvgIpc) is 2.97. The SMILES string of the molecule is O=C(CCN1C(=O)c2ccccc2C1=O)NC(=S)Nc1cccc2ccccc12. The molecule has 0 aromatic heterocycles. The van der Waals surface area contributed by atoms with E-state index in [9.17, 15) is 14.4 Å². The third kappa shape index (κ3) is 3.72. The van der Waals surface area contributed by atoms with Crippen LogP contribution in [0.25, 0.3) is 10.8 Å². The van der Waals surface area contributed by atoms with Gasteiger partial charge in [0.05, 0.1) is 11.1 Å². The Kier molecular flexibility index (Phi) is 5.05. The van der Waals surface area contributed by atoms with E-state index in [0.29, 0.717) is 11.1 Å². The highest BCUT2D eigenvalue weighted by atomic mass is 32.1. The Bertz CT molecular complexity index is 1120. The van der Waals surface area contributed by atoms with Gasteiger partial charge in [-0.2, -0.15) is 0 Å². The van der Waals surface area contributed by atoms with E-state index in [1.54, 1.807) is 24.3 Å². The highest BCUT2D eigenvalue weighted by Crippen LogP contribution is 2.23. The normalized spacial score (nSPS) is 12.8. The molecule has 1 heterocycles. The lowest BCUT2D eigenvalue weighted by atomic mass is 10.1. The Morgan fingerprint density at radius 3 is 2.21 bits per heavy atom. The number of anilines is 1. The van der Waals surface area contributed by atoms with Crippen LogP contribution in [0.15, 0.2) is 66.7 Å². The number of benzene rings is 3. The molecule has 7 heteroatoms. The molecular formula is C22H17N3O3S. The maximum absolute atomic E-state index is 12.3.